The Bertz CT molecular complexity index is 1100. The van der Waals surface area contributed by atoms with E-state index in [0.29, 0.717) is 35.4 Å². The molecule has 33 heavy (non-hydrogen) atoms. The quantitative estimate of drug-likeness (QED) is 0.304. The number of nitrogens with zero attached hydrogens (tertiary/aromatic N) is 3. The monoisotopic (exact) mass is 470 g/mol. The van der Waals surface area contributed by atoms with Crippen molar-refractivity contribution in [2.75, 3.05) is 12.4 Å². The third kappa shape index (κ3) is 5.92. The number of carbonyl (C=O) groups excluding carboxylic acids is 1. The summed E-state index contributed by atoms with van der Waals surface area (Å²) in [6, 6.07) is 13.4. The van der Waals surface area contributed by atoms with Crippen molar-refractivity contribution in [3.8, 4) is 11.5 Å². The second kappa shape index (κ2) is 11.5. The van der Waals surface area contributed by atoms with Crippen LogP contribution in [0.15, 0.2) is 66.3 Å². The van der Waals surface area contributed by atoms with Gasteiger partial charge in [0.2, 0.25) is 5.91 Å². The van der Waals surface area contributed by atoms with Crippen LogP contribution in [-0.4, -0.2) is 33.0 Å². The highest BCUT2D eigenvalue weighted by atomic mass is 32.2. The van der Waals surface area contributed by atoms with Crippen LogP contribution in [0.2, 0.25) is 0 Å². The molecule has 1 heterocycles. The highest BCUT2D eigenvalue weighted by molar-refractivity contribution is 8.00. The summed E-state index contributed by atoms with van der Waals surface area (Å²) < 4.78 is 27.2. The van der Waals surface area contributed by atoms with E-state index in [9.17, 15) is 9.18 Å². The Morgan fingerprint density at radius 3 is 2.58 bits per heavy atom. The Morgan fingerprint density at radius 1 is 1.21 bits per heavy atom. The van der Waals surface area contributed by atoms with E-state index in [4.69, 9.17) is 9.47 Å². The molecule has 3 aromatic rings. The van der Waals surface area contributed by atoms with E-state index in [1.807, 2.05) is 42.7 Å². The number of ether oxygens (including phenoxy) is 2. The van der Waals surface area contributed by atoms with Gasteiger partial charge in [0.1, 0.15) is 5.82 Å². The van der Waals surface area contributed by atoms with Gasteiger partial charge >= 0.3 is 0 Å². The van der Waals surface area contributed by atoms with Gasteiger partial charge in [-0.15, -0.1) is 16.8 Å². The van der Waals surface area contributed by atoms with Gasteiger partial charge in [-0.25, -0.2) is 4.39 Å². The van der Waals surface area contributed by atoms with Crippen LogP contribution in [-0.2, 0) is 11.3 Å². The first kappa shape index (κ1) is 24.3. The topological polar surface area (TPSA) is 78.3 Å². The smallest absolute Gasteiger partial charge is 0.238 e. The van der Waals surface area contributed by atoms with Crippen molar-refractivity contribution < 1.29 is 18.7 Å². The van der Waals surface area contributed by atoms with Crippen molar-refractivity contribution in [1.82, 2.24) is 14.8 Å². The lowest BCUT2D eigenvalue weighted by Crippen LogP contribution is -2.25. The number of para-hydroxylation sites is 3. The number of allylic oxidation sites excluding steroid dienone is 1. The zero-order chi connectivity index (χ0) is 23.8. The number of carbonyl (C=O) groups is 1. The van der Waals surface area contributed by atoms with Crippen molar-refractivity contribution in [1.29, 1.82) is 0 Å². The highest BCUT2D eigenvalue weighted by Crippen LogP contribution is 2.32. The molecule has 2 aromatic carbocycles. The number of amides is 1. The highest BCUT2D eigenvalue weighted by Gasteiger charge is 2.25. The molecule has 174 valence electrons. The molecule has 2 unspecified atom stereocenters. The van der Waals surface area contributed by atoms with Crippen LogP contribution in [0.25, 0.3) is 0 Å². The summed E-state index contributed by atoms with van der Waals surface area (Å²) in [7, 11) is 1.58. The molecule has 3 rings (SSSR count). The summed E-state index contributed by atoms with van der Waals surface area (Å²) in [6.45, 7) is 8.02. The number of anilines is 1. The lowest BCUT2D eigenvalue weighted by Gasteiger charge is -2.18. The van der Waals surface area contributed by atoms with Crippen LogP contribution >= 0.6 is 11.8 Å². The molecule has 1 amide bonds. The third-order valence-corrected chi connectivity index (χ3v) is 6.18. The number of nitrogens with one attached hydrogen (secondary N) is 1. The minimum absolute atomic E-state index is 0.147. The minimum atomic E-state index is -0.490. The molecule has 0 aliphatic carbocycles. The number of aromatic nitrogens is 3. The van der Waals surface area contributed by atoms with Crippen molar-refractivity contribution in [2.45, 2.75) is 43.3 Å². The molecule has 1 N–H and O–H groups in total. The first-order chi connectivity index (χ1) is 16.0. The normalized spacial score (nSPS) is 12.6. The van der Waals surface area contributed by atoms with E-state index in [-0.39, 0.29) is 11.6 Å². The largest absolute Gasteiger partial charge is 0.493 e. The molecule has 9 heteroatoms. The minimum Gasteiger partial charge on any atom is -0.493 e. The lowest BCUT2D eigenvalue weighted by atomic mass is 10.2. The van der Waals surface area contributed by atoms with Gasteiger partial charge in [-0.1, -0.05) is 49.0 Å². The molecule has 1 aromatic heterocycles. The summed E-state index contributed by atoms with van der Waals surface area (Å²) in [4.78, 5) is 12.8. The van der Waals surface area contributed by atoms with Crippen molar-refractivity contribution in [3.63, 3.8) is 0 Å². The molecule has 0 spiro atoms. The molecule has 7 nitrogen and oxygen atoms in total. The SMILES string of the molecule is C=CCn1c(SC(CC)C(=O)Nc2ccccc2F)nnc1C(C)Oc1ccccc1OC. The van der Waals surface area contributed by atoms with E-state index < -0.39 is 17.2 Å². The standard InChI is InChI=1S/C24H27FN4O3S/c1-5-15-29-22(16(3)32-20-14-10-9-13-19(20)31-4)27-28-24(29)33-21(6-2)23(30)26-18-12-8-7-11-17(18)25/h5,7-14,16,21H,1,6,15H2,2-4H3,(H,26,30). The molecule has 0 bridgehead atoms. The number of hydrogen-bond acceptors (Lipinski definition) is 6. The Kier molecular flexibility index (Phi) is 8.48. The maximum Gasteiger partial charge on any atom is 0.238 e. The fourth-order valence-electron chi connectivity index (χ4n) is 3.17. The molecule has 2 atom stereocenters. The van der Waals surface area contributed by atoms with Crippen LogP contribution < -0.4 is 14.8 Å². The molecule has 0 aliphatic heterocycles. The molecule has 0 fully saturated rings. The molecule has 0 saturated heterocycles. The van der Waals surface area contributed by atoms with Crippen LogP contribution in [0.3, 0.4) is 0 Å². The molecule has 0 radical (unpaired) electrons. The Labute approximate surface area is 197 Å². The molecular weight excluding hydrogens is 443 g/mol. The van der Waals surface area contributed by atoms with E-state index in [1.165, 1.54) is 23.9 Å². The number of benzene rings is 2. The van der Waals surface area contributed by atoms with Gasteiger partial charge in [-0.3, -0.25) is 9.36 Å². The van der Waals surface area contributed by atoms with Crippen molar-refractivity contribution in [2.24, 2.45) is 0 Å². The maximum atomic E-state index is 14.0. The predicted octanol–water partition coefficient (Wildman–Crippen LogP) is 5.26. The summed E-state index contributed by atoms with van der Waals surface area (Å²) in [5, 5.41) is 11.3. The third-order valence-electron chi connectivity index (χ3n) is 4.84. The number of halogens is 1. The van der Waals surface area contributed by atoms with Gasteiger partial charge in [0.15, 0.2) is 28.6 Å². The van der Waals surface area contributed by atoms with Gasteiger partial charge in [-0.2, -0.15) is 0 Å². The van der Waals surface area contributed by atoms with Gasteiger partial charge in [0.05, 0.1) is 18.0 Å². The summed E-state index contributed by atoms with van der Waals surface area (Å²) >= 11 is 1.27. The zero-order valence-corrected chi connectivity index (χ0v) is 19.6. The molecular formula is C24H27FN4O3S. The first-order valence-corrected chi connectivity index (χ1v) is 11.4. The van der Waals surface area contributed by atoms with Crippen LogP contribution in [0, 0.1) is 5.82 Å². The Hall–Kier alpha value is -3.33. The van der Waals surface area contributed by atoms with Gasteiger partial charge in [-0.05, 0) is 37.6 Å². The second-order valence-electron chi connectivity index (χ2n) is 7.13. The zero-order valence-electron chi connectivity index (χ0n) is 18.8. The maximum absolute atomic E-state index is 14.0. The Morgan fingerprint density at radius 2 is 1.91 bits per heavy atom. The fourth-order valence-corrected chi connectivity index (χ4v) is 4.14. The van der Waals surface area contributed by atoms with E-state index in [1.54, 1.807) is 25.3 Å². The van der Waals surface area contributed by atoms with Crippen LogP contribution in [0.4, 0.5) is 10.1 Å². The van der Waals surface area contributed by atoms with Gasteiger partial charge in [0.25, 0.3) is 0 Å². The second-order valence-corrected chi connectivity index (χ2v) is 8.30. The van der Waals surface area contributed by atoms with E-state index >= 15 is 0 Å². The first-order valence-electron chi connectivity index (χ1n) is 10.5. The van der Waals surface area contributed by atoms with Gasteiger partial charge in [0, 0.05) is 6.54 Å². The number of thioether (sulfide) groups is 1. The molecule has 0 saturated carbocycles. The summed E-state index contributed by atoms with van der Waals surface area (Å²) in [5.74, 6) is 1.01. The number of hydrogen-bond donors (Lipinski definition) is 1. The fraction of sp³-hybridized carbons (Fsp3) is 0.292. The van der Waals surface area contributed by atoms with Crippen molar-refractivity contribution >= 4 is 23.4 Å². The van der Waals surface area contributed by atoms with E-state index in [0.717, 1.165) is 0 Å². The number of rotatable bonds is 11. The van der Waals surface area contributed by atoms with Crippen LogP contribution in [0.1, 0.15) is 32.2 Å². The molecule has 0 aliphatic rings. The summed E-state index contributed by atoms with van der Waals surface area (Å²) in [5.41, 5.74) is 0.147. The van der Waals surface area contributed by atoms with Crippen molar-refractivity contribution in [3.05, 3.63) is 72.8 Å². The van der Waals surface area contributed by atoms with E-state index in [2.05, 4.69) is 22.1 Å². The number of methoxy groups -OCH3 is 1. The summed E-state index contributed by atoms with van der Waals surface area (Å²) in [6.07, 6.45) is 1.82. The average Bonchev–Trinajstić information content (AvgIpc) is 3.21. The van der Waals surface area contributed by atoms with Gasteiger partial charge < -0.3 is 14.8 Å². The Balaban J connectivity index is 1.79. The lowest BCUT2D eigenvalue weighted by molar-refractivity contribution is -0.115. The predicted molar refractivity (Wildman–Crippen MR) is 127 cm³/mol. The van der Waals surface area contributed by atoms with Crippen LogP contribution in [0.5, 0.6) is 11.5 Å². The average molecular weight is 471 g/mol.